The molecule has 1 aliphatic rings. The third-order valence-corrected chi connectivity index (χ3v) is 3.78. The summed E-state index contributed by atoms with van der Waals surface area (Å²) < 4.78 is 5.96. The lowest BCUT2D eigenvalue weighted by molar-refractivity contribution is 0.0871. The van der Waals surface area contributed by atoms with Crippen molar-refractivity contribution in [1.29, 1.82) is 0 Å². The van der Waals surface area contributed by atoms with Crippen LogP contribution in [-0.2, 0) is 4.74 Å². The van der Waals surface area contributed by atoms with Crippen LogP contribution in [0.25, 0.3) is 0 Å². The highest BCUT2D eigenvalue weighted by atomic mass is 79.9. The summed E-state index contributed by atoms with van der Waals surface area (Å²) in [5.74, 6) is 1.11. The van der Waals surface area contributed by atoms with Gasteiger partial charge in [-0.1, -0.05) is 13.3 Å². The fraction of sp³-hybridized carbons (Fsp3) is 0.667. The third-order valence-electron chi connectivity index (χ3n) is 3.01. The highest BCUT2D eigenvalue weighted by Gasteiger charge is 2.29. The van der Waals surface area contributed by atoms with E-state index in [1.54, 1.807) is 7.11 Å². The zero-order valence-electron chi connectivity index (χ0n) is 10.1. The molecule has 0 bridgehead atoms. The third kappa shape index (κ3) is 2.77. The molecule has 1 aromatic rings. The van der Waals surface area contributed by atoms with E-state index in [1.807, 2.05) is 0 Å². The van der Waals surface area contributed by atoms with Crippen molar-refractivity contribution in [3.05, 3.63) is 26.3 Å². The molecular weight excluding hydrogens is 284 g/mol. The van der Waals surface area contributed by atoms with Crippen molar-refractivity contribution >= 4 is 15.9 Å². The van der Waals surface area contributed by atoms with Crippen molar-refractivity contribution < 1.29 is 4.74 Å². The first-order valence-corrected chi connectivity index (χ1v) is 6.79. The van der Waals surface area contributed by atoms with Crippen LogP contribution in [0.1, 0.15) is 56.1 Å². The van der Waals surface area contributed by atoms with Crippen LogP contribution in [0.3, 0.4) is 0 Å². The van der Waals surface area contributed by atoms with Crippen LogP contribution in [-0.4, -0.2) is 17.1 Å². The van der Waals surface area contributed by atoms with Gasteiger partial charge in [0.15, 0.2) is 0 Å². The van der Waals surface area contributed by atoms with Crippen molar-refractivity contribution in [2.75, 3.05) is 7.11 Å². The highest BCUT2D eigenvalue weighted by Crippen LogP contribution is 2.41. The number of H-pyrrole nitrogens is 1. The Labute approximate surface area is 109 Å². The van der Waals surface area contributed by atoms with Gasteiger partial charge in [0.2, 0.25) is 0 Å². The molecule has 17 heavy (non-hydrogen) atoms. The molecule has 1 aromatic heterocycles. The minimum atomic E-state index is -0.113. The molecule has 4 nitrogen and oxygen atoms in total. The van der Waals surface area contributed by atoms with Crippen LogP contribution >= 0.6 is 15.9 Å². The molecule has 1 aliphatic carbocycles. The normalized spacial score (nSPS) is 17.1. The molecule has 0 amide bonds. The molecule has 1 N–H and O–H groups in total. The Hall–Kier alpha value is -0.680. The lowest BCUT2D eigenvalue weighted by atomic mass is 10.2. The monoisotopic (exact) mass is 300 g/mol. The van der Waals surface area contributed by atoms with Crippen LogP contribution in [0.2, 0.25) is 0 Å². The average molecular weight is 301 g/mol. The van der Waals surface area contributed by atoms with E-state index in [4.69, 9.17) is 4.74 Å². The summed E-state index contributed by atoms with van der Waals surface area (Å²) in [4.78, 5) is 19.2. The number of rotatable bonds is 5. The minimum Gasteiger partial charge on any atom is -0.374 e. The molecule has 0 radical (unpaired) electrons. The molecule has 0 spiro atoms. The molecule has 94 valence electrons. The topological polar surface area (TPSA) is 55.0 Å². The highest BCUT2D eigenvalue weighted by molar-refractivity contribution is 9.10. The Kier molecular flexibility index (Phi) is 3.99. The van der Waals surface area contributed by atoms with Gasteiger partial charge in [0.05, 0.1) is 5.69 Å². The number of ether oxygens (including phenoxy) is 1. The summed E-state index contributed by atoms with van der Waals surface area (Å²) in [5, 5.41) is 0. The quantitative estimate of drug-likeness (QED) is 0.910. The first kappa shape index (κ1) is 12.8. The zero-order chi connectivity index (χ0) is 12.4. The minimum absolute atomic E-state index is 0.102. The predicted molar refractivity (Wildman–Crippen MR) is 69.2 cm³/mol. The summed E-state index contributed by atoms with van der Waals surface area (Å²) in [7, 11) is 1.65. The van der Waals surface area contributed by atoms with Gasteiger partial charge in [-0.05, 0) is 35.2 Å². The molecule has 1 unspecified atom stereocenters. The molecule has 0 aliphatic heterocycles. The Bertz CT molecular complexity index is 454. The van der Waals surface area contributed by atoms with Crippen LogP contribution in [0.15, 0.2) is 9.27 Å². The standard InChI is InChI=1S/C12H17BrN2O2/c1-3-4-8(17-2)11-14-10(7-5-6-7)9(13)12(16)15-11/h7-8H,3-6H2,1-2H3,(H,14,15,16). The number of halogens is 1. The van der Waals surface area contributed by atoms with Crippen molar-refractivity contribution in [1.82, 2.24) is 9.97 Å². The fourth-order valence-electron chi connectivity index (χ4n) is 1.90. The van der Waals surface area contributed by atoms with E-state index in [0.29, 0.717) is 16.2 Å². The van der Waals surface area contributed by atoms with Gasteiger partial charge in [0, 0.05) is 13.0 Å². The molecule has 1 fully saturated rings. The largest absolute Gasteiger partial charge is 0.374 e. The SMILES string of the molecule is CCCC(OC)c1nc(C2CC2)c(Br)c(=O)[nH]1. The molecule has 0 saturated heterocycles. The first-order valence-electron chi connectivity index (χ1n) is 5.99. The number of aromatic nitrogens is 2. The molecular formula is C12H17BrN2O2. The Morgan fingerprint density at radius 3 is 2.82 bits per heavy atom. The van der Waals surface area contributed by atoms with E-state index < -0.39 is 0 Å². The molecule has 5 heteroatoms. The zero-order valence-corrected chi connectivity index (χ0v) is 11.7. The number of nitrogens with one attached hydrogen (secondary N) is 1. The van der Waals surface area contributed by atoms with E-state index in [2.05, 4.69) is 32.8 Å². The second kappa shape index (κ2) is 5.31. The van der Waals surface area contributed by atoms with E-state index >= 15 is 0 Å². The van der Waals surface area contributed by atoms with Crippen LogP contribution < -0.4 is 5.56 Å². The number of aromatic amines is 1. The molecule has 2 rings (SSSR count). The lowest BCUT2D eigenvalue weighted by Crippen LogP contribution is -2.18. The molecule has 1 atom stereocenters. The molecule has 1 saturated carbocycles. The summed E-state index contributed by atoms with van der Waals surface area (Å²) in [6, 6.07) is 0. The van der Waals surface area contributed by atoms with Gasteiger partial charge < -0.3 is 9.72 Å². The van der Waals surface area contributed by atoms with Gasteiger partial charge in [0.1, 0.15) is 16.4 Å². The lowest BCUT2D eigenvalue weighted by Gasteiger charge is -2.14. The van der Waals surface area contributed by atoms with Crippen molar-refractivity contribution in [2.24, 2.45) is 0 Å². The van der Waals surface area contributed by atoms with E-state index in [-0.39, 0.29) is 11.7 Å². The summed E-state index contributed by atoms with van der Waals surface area (Å²) in [5.41, 5.74) is 0.789. The van der Waals surface area contributed by atoms with Gasteiger partial charge in [-0.2, -0.15) is 0 Å². The number of nitrogens with zero attached hydrogens (tertiary/aromatic N) is 1. The maximum Gasteiger partial charge on any atom is 0.265 e. The van der Waals surface area contributed by atoms with E-state index in [0.717, 1.165) is 31.4 Å². The summed E-state index contributed by atoms with van der Waals surface area (Å²) in [6.07, 6.45) is 4.00. The Morgan fingerprint density at radius 2 is 2.29 bits per heavy atom. The summed E-state index contributed by atoms with van der Waals surface area (Å²) >= 11 is 3.32. The van der Waals surface area contributed by atoms with Crippen LogP contribution in [0, 0.1) is 0 Å². The maximum atomic E-state index is 11.8. The number of hydrogen-bond donors (Lipinski definition) is 1. The average Bonchev–Trinajstić information content (AvgIpc) is 3.13. The smallest absolute Gasteiger partial charge is 0.265 e. The van der Waals surface area contributed by atoms with Gasteiger partial charge in [-0.15, -0.1) is 0 Å². The maximum absolute atomic E-state index is 11.8. The van der Waals surface area contributed by atoms with Crippen LogP contribution in [0.4, 0.5) is 0 Å². The molecule has 0 aromatic carbocycles. The number of methoxy groups -OCH3 is 1. The van der Waals surface area contributed by atoms with Gasteiger partial charge in [0.25, 0.3) is 5.56 Å². The fourth-order valence-corrected chi connectivity index (χ4v) is 2.41. The van der Waals surface area contributed by atoms with E-state index in [9.17, 15) is 4.79 Å². The van der Waals surface area contributed by atoms with E-state index in [1.165, 1.54) is 0 Å². The second-order valence-electron chi connectivity index (χ2n) is 4.44. The van der Waals surface area contributed by atoms with Crippen LogP contribution in [0.5, 0.6) is 0 Å². The van der Waals surface area contributed by atoms with Gasteiger partial charge >= 0.3 is 0 Å². The number of hydrogen-bond acceptors (Lipinski definition) is 3. The van der Waals surface area contributed by atoms with Gasteiger partial charge in [-0.3, -0.25) is 4.79 Å². The molecule has 1 heterocycles. The van der Waals surface area contributed by atoms with Crippen molar-refractivity contribution in [3.8, 4) is 0 Å². The first-order chi connectivity index (χ1) is 8.17. The van der Waals surface area contributed by atoms with Gasteiger partial charge in [-0.25, -0.2) is 4.98 Å². The Balaban J connectivity index is 2.37. The predicted octanol–water partition coefficient (Wildman–Crippen LogP) is 2.90. The van der Waals surface area contributed by atoms with Crippen molar-refractivity contribution in [3.63, 3.8) is 0 Å². The Morgan fingerprint density at radius 1 is 1.59 bits per heavy atom. The second-order valence-corrected chi connectivity index (χ2v) is 5.23. The van der Waals surface area contributed by atoms with Crippen molar-refractivity contribution in [2.45, 2.75) is 44.6 Å². The summed E-state index contributed by atoms with van der Waals surface area (Å²) in [6.45, 7) is 2.09.